The standard InChI is InChI=1S/C26H28NO4PSe/c1-27(2,18-21-10-5-3-6-11-21)17-16-23-20-33-25-15-9-14-24(26(23)25)31-32(28,29)30-19-22-12-7-4-8-13-22/h3-15,20H,16-19H2,1-2H3/p+1. The molecule has 1 atom stereocenters. The van der Waals surface area contributed by atoms with Gasteiger partial charge in [-0.3, -0.25) is 0 Å². The van der Waals surface area contributed by atoms with Gasteiger partial charge in [0.25, 0.3) is 0 Å². The number of fused-ring (bicyclic) bond motifs is 1. The monoisotopic (exact) mass is 530 g/mol. The van der Waals surface area contributed by atoms with E-state index in [1.54, 1.807) is 6.07 Å². The molecular weight excluding hydrogens is 500 g/mol. The van der Waals surface area contributed by atoms with Crippen LogP contribution in [0.15, 0.2) is 83.8 Å². The molecule has 0 spiro atoms. The molecule has 0 aliphatic rings. The Morgan fingerprint density at radius 1 is 0.909 bits per heavy atom. The van der Waals surface area contributed by atoms with E-state index in [1.165, 1.54) is 15.4 Å². The Bertz CT molecular complexity index is 1240. The molecule has 1 unspecified atom stereocenters. The van der Waals surface area contributed by atoms with Gasteiger partial charge in [-0.15, -0.1) is 0 Å². The Kier molecular flexibility index (Phi) is 7.55. The van der Waals surface area contributed by atoms with Crippen LogP contribution in [0.25, 0.3) is 9.65 Å². The Morgan fingerprint density at radius 3 is 2.27 bits per heavy atom. The second-order valence-corrected chi connectivity index (χ2v) is 12.1. The molecule has 0 radical (unpaired) electrons. The van der Waals surface area contributed by atoms with Crippen LogP contribution < -0.4 is 4.52 Å². The van der Waals surface area contributed by atoms with Crippen molar-refractivity contribution in [2.75, 3.05) is 20.6 Å². The van der Waals surface area contributed by atoms with E-state index in [1.807, 2.05) is 42.5 Å². The summed E-state index contributed by atoms with van der Waals surface area (Å²) in [6.07, 6.45) is 0.871. The summed E-state index contributed by atoms with van der Waals surface area (Å²) in [6.45, 7) is 1.91. The first kappa shape index (κ1) is 24.0. The second kappa shape index (κ2) is 10.4. The Balaban J connectivity index is 1.47. The summed E-state index contributed by atoms with van der Waals surface area (Å²) in [5.74, 6) is 0.422. The molecule has 4 aromatic rings. The van der Waals surface area contributed by atoms with Gasteiger partial charge in [-0.25, -0.2) is 0 Å². The van der Waals surface area contributed by atoms with Gasteiger partial charge in [-0.05, 0) is 0 Å². The van der Waals surface area contributed by atoms with Crippen LogP contribution in [0, 0.1) is 0 Å². The van der Waals surface area contributed by atoms with Gasteiger partial charge in [-0.1, -0.05) is 0 Å². The summed E-state index contributed by atoms with van der Waals surface area (Å²) in [4.78, 5) is 12.6. The van der Waals surface area contributed by atoms with E-state index >= 15 is 0 Å². The minimum atomic E-state index is -4.26. The molecule has 1 aromatic heterocycles. The molecule has 0 bridgehead atoms. The number of quaternary nitrogens is 1. The predicted octanol–water partition coefficient (Wildman–Crippen LogP) is 5.41. The molecule has 0 saturated heterocycles. The third-order valence-electron chi connectivity index (χ3n) is 5.53. The first-order valence-corrected chi connectivity index (χ1v) is 14.2. The summed E-state index contributed by atoms with van der Waals surface area (Å²) < 4.78 is 25.5. The molecule has 1 heterocycles. The summed E-state index contributed by atoms with van der Waals surface area (Å²) in [7, 11) is 0.205. The van der Waals surface area contributed by atoms with Crippen LogP contribution >= 0.6 is 7.82 Å². The van der Waals surface area contributed by atoms with Gasteiger partial charge < -0.3 is 0 Å². The van der Waals surface area contributed by atoms with Gasteiger partial charge in [0, 0.05) is 0 Å². The molecule has 33 heavy (non-hydrogen) atoms. The number of phosphoric acid groups is 1. The van der Waals surface area contributed by atoms with Crippen molar-refractivity contribution < 1.29 is 23.0 Å². The van der Waals surface area contributed by atoms with Crippen LogP contribution in [0.2, 0.25) is 0 Å². The molecule has 4 rings (SSSR count). The van der Waals surface area contributed by atoms with Crippen LogP contribution in [-0.2, 0) is 28.7 Å². The number of nitrogens with zero attached hydrogens (tertiary/aromatic N) is 1. The third kappa shape index (κ3) is 6.68. The number of likely N-dealkylation sites (N-methyl/N-ethyl adjacent to an activating group) is 1. The van der Waals surface area contributed by atoms with Crippen molar-refractivity contribution in [3.63, 3.8) is 0 Å². The SMILES string of the molecule is C[N+](C)(CCc1c[se]c2cccc(OP(=O)(O)OCc3ccccc3)c12)Cc1ccccc1. The maximum absolute atomic E-state index is 12.7. The van der Waals surface area contributed by atoms with Crippen molar-refractivity contribution >= 4 is 32.0 Å². The van der Waals surface area contributed by atoms with Gasteiger partial charge in [0.1, 0.15) is 0 Å². The summed E-state index contributed by atoms with van der Waals surface area (Å²) in [6, 6.07) is 25.5. The minimum absolute atomic E-state index is 0.0153. The van der Waals surface area contributed by atoms with E-state index in [0.29, 0.717) is 5.75 Å². The Labute approximate surface area is 201 Å². The van der Waals surface area contributed by atoms with Gasteiger partial charge in [-0.2, -0.15) is 0 Å². The van der Waals surface area contributed by atoms with Gasteiger partial charge in [0.2, 0.25) is 0 Å². The Morgan fingerprint density at radius 2 is 1.58 bits per heavy atom. The van der Waals surface area contributed by atoms with Crippen molar-refractivity contribution in [1.82, 2.24) is 0 Å². The van der Waals surface area contributed by atoms with Crippen LogP contribution in [0.5, 0.6) is 5.75 Å². The van der Waals surface area contributed by atoms with Gasteiger partial charge in [0.15, 0.2) is 0 Å². The zero-order valence-electron chi connectivity index (χ0n) is 18.9. The molecule has 0 aliphatic heterocycles. The quantitative estimate of drug-likeness (QED) is 0.170. The van der Waals surface area contributed by atoms with Crippen molar-refractivity contribution in [3.8, 4) is 5.75 Å². The van der Waals surface area contributed by atoms with Crippen molar-refractivity contribution in [1.29, 1.82) is 0 Å². The molecule has 0 saturated carbocycles. The number of rotatable bonds is 10. The molecule has 0 fully saturated rings. The second-order valence-electron chi connectivity index (χ2n) is 8.76. The topological polar surface area (TPSA) is 55.8 Å². The maximum atomic E-state index is 12.7. The zero-order chi connectivity index (χ0) is 23.3. The first-order chi connectivity index (χ1) is 15.8. The number of hydrogen-bond acceptors (Lipinski definition) is 3. The van der Waals surface area contributed by atoms with E-state index in [-0.39, 0.29) is 21.1 Å². The van der Waals surface area contributed by atoms with E-state index in [4.69, 9.17) is 9.05 Å². The summed E-state index contributed by atoms with van der Waals surface area (Å²) >= 11 is 0.185. The average Bonchev–Trinajstić information content (AvgIpc) is 3.22. The fourth-order valence-electron chi connectivity index (χ4n) is 3.84. The van der Waals surface area contributed by atoms with Crippen molar-refractivity contribution in [2.45, 2.75) is 19.6 Å². The fourth-order valence-corrected chi connectivity index (χ4v) is 6.73. The molecule has 3 aromatic carbocycles. The predicted molar refractivity (Wildman–Crippen MR) is 133 cm³/mol. The molecule has 0 aliphatic carbocycles. The normalized spacial score (nSPS) is 13.7. The molecular formula is C26H29NO4PSe+. The number of benzene rings is 3. The van der Waals surface area contributed by atoms with Crippen LogP contribution in [-0.4, -0.2) is 44.5 Å². The van der Waals surface area contributed by atoms with Gasteiger partial charge in [0.05, 0.1) is 0 Å². The van der Waals surface area contributed by atoms with Gasteiger partial charge >= 0.3 is 201 Å². The van der Waals surface area contributed by atoms with Crippen LogP contribution in [0.3, 0.4) is 0 Å². The summed E-state index contributed by atoms with van der Waals surface area (Å²) in [5.41, 5.74) is 3.31. The average molecular weight is 529 g/mol. The Hall–Kier alpha value is -2.17. The molecule has 5 nitrogen and oxygen atoms in total. The third-order valence-corrected chi connectivity index (χ3v) is 8.50. The van der Waals surface area contributed by atoms with E-state index < -0.39 is 7.82 Å². The molecule has 172 valence electrons. The number of phosphoric ester groups is 1. The first-order valence-electron chi connectivity index (χ1n) is 10.9. The fraction of sp³-hybridized carbons (Fsp3) is 0.231. The molecule has 1 N–H and O–H groups in total. The van der Waals surface area contributed by atoms with E-state index in [2.05, 4.69) is 49.4 Å². The van der Waals surface area contributed by atoms with Crippen LogP contribution in [0.1, 0.15) is 16.7 Å². The molecule has 0 amide bonds. The number of hydrogen-bond donors (Lipinski definition) is 1. The van der Waals surface area contributed by atoms with Crippen LogP contribution in [0.4, 0.5) is 0 Å². The van der Waals surface area contributed by atoms with Crippen molar-refractivity contribution in [2.24, 2.45) is 0 Å². The zero-order valence-corrected chi connectivity index (χ0v) is 21.5. The molecule has 7 heteroatoms. The van der Waals surface area contributed by atoms with E-state index in [0.717, 1.165) is 34.9 Å². The summed E-state index contributed by atoms with van der Waals surface area (Å²) in [5, 5.41) is 0.954. The van der Waals surface area contributed by atoms with Crippen molar-refractivity contribution in [3.05, 3.63) is 100 Å². The van der Waals surface area contributed by atoms with E-state index in [9.17, 15) is 9.46 Å².